The molecule has 0 rings (SSSR count). The third-order valence-electron chi connectivity index (χ3n) is 2.64. The second-order valence-electron chi connectivity index (χ2n) is 5.26. The van der Waals surface area contributed by atoms with Gasteiger partial charge < -0.3 is 0 Å². The highest BCUT2D eigenvalue weighted by atomic mass is 16.2. The largest absolute Gasteiger partial charge is 0.299 e. The molecule has 0 N–H and O–H groups in total. The summed E-state index contributed by atoms with van der Waals surface area (Å²) in [4.78, 5) is 23.5. The van der Waals surface area contributed by atoms with Crippen LogP contribution in [0, 0.1) is 11.3 Å². The number of carbonyl (C=O) groups excluding carboxylic acids is 2. The third-order valence-corrected chi connectivity index (χ3v) is 2.64. The van der Waals surface area contributed by atoms with Gasteiger partial charge in [-0.2, -0.15) is 0 Å². The van der Waals surface area contributed by atoms with Crippen molar-refractivity contribution in [1.82, 2.24) is 0 Å². The summed E-state index contributed by atoms with van der Waals surface area (Å²) >= 11 is 0. The zero-order valence-corrected chi connectivity index (χ0v) is 10.7. The molecule has 1 unspecified atom stereocenters. The van der Waals surface area contributed by atoms with Gasteiger partial charge in [-0.1, -0.05) is 40.5 Å². The number of hydrogen-bond donors (Lipinski definition) is 0. The van der Waals surface area contributed by atoms with Gasteiger partial charge in [0.15, 0.2) is 0 Å². The topological polar surface area (TPSA) is 34.1 Å². The number of ketones is 2. The van der Waals surface area contributed by atoms with E-state index in [0.29, 0.717) is 6.42 Å². The van der Waals surface area contributed by atoms with Crippen LogP contribution < -0.4 is 0 Å². The molecule has 0 aliphatic heterocycles. The Balaban J connectivity index is 4.15. The molecule has 88 valence electrons. The molecule has 2 nitrogen and oxygen atoms in total. The van der Waals surface area contributed by atoms with Gasteiger partial charge in [-0.3, -0.25) is 9.59 Å². The molecule has 0 saturated heterocycles. The number of Topliss-reactive ketones (excluding diaryl/α,β-unsaturated/α-hetero) is 2. The fourth-order valence-corrected chi connectivity index (χ4v) is 1.56. The molecule has 0 aromatic heterocycles. The summed E-state index contributed by atoms with van der Waals surface area (Å²) in [5.74, 6) is -0.269. The van der Waals surface area contributed by atoms with E-state index in [4.69, 9.17) is 0 Å². The second kappa shape index (κ2) is 6.04. The highest BCUT2D eigenvalue weighted by Gasteiger charge is 2.30. The molecule has 0 saturated carbocycles. The van der Waals surface area contributed by atoms with Gasteiger partial charge in [-0.25, -0.2) is 0 Å². The summed E-state index contributed by atoms with van der Waals surface area (Å²) < 4.78 is 0. The molecule has 2 heteroatoms. The van der Waals surface area contributed by atoms with Gasteiger partial charge in [0.05, 0.1) is 5.92 Å². The quantitative estimate of drug-likeness (QED) is 0.499. The first-order valence-corrected chi connectivity index (χ1v) is 5.87. The maximum Gasteiger partial charge on any atom is 0.148 e. The van der Waals surface area contributed by atoms with Gasteiger partial charge in [-0.15, -0.1) is 0 Å². The van der Waals surface area contributed by atoms with Crippen molar-refractivity contribution in [2.75, 3.05) is 0 Å². The summed E-state index contributed by atoms with van der Waals surface area (Å²) in [7, 11) is 0. The van der Waals surface area contributed by atoms with Crippen molar-refractivity contribution in [2.24, 2.45) is 11.3 Å². The Morgan fingerprint density at radius 2 is 1.67 bits per heavy atom. The first-order valence-electron chi connectivity index (χ1n) is 5.87. The third kappa shape index (κ3) is 5.10. The van der Waals surface area contributed by atoms with Crippen LogP contribution in [0.5, 0.6) is 0 Å². The summed E-state index contributed by atoms with van der Waals surface area (Å²) in [5.41, 5.74) is -0.403. The van der Waals surface area contributed by atoms with Gasteiger partial charge in [0.25, 0.3) is 0 Å². The Morgan fingerprint density at radius 1 is 1.13 bits per heavy atom. The Bertz CT molecular complexity index is 223. The maximum absolute atomic E-state index is 11.8. The molecule has 15 heavy (non-hydrogen) atoms. The van der Waals surface area contributed by atoms with E-state index >= 15 is 0 Å². The van der Waals surface area contributed by atoms with Crippen molar-refractivity contribution in [1.29, 1.82) is 0 Å². The minimum absolute atomic E-state index is 0.0593. The Hall–Kier alpha value is -0.660. The van der Waals surface area contributed by atoms with Crippen molar-refractivity contribution in [2.45, 2.75) is 60.3 Å². The van der Waals surface area contributed by atoms with E-state index in [-0.39, 0.29) is 11.6 Å². The smallest absolute Gasteiger partial charge is 0.148 e. The standard InChI is InChI=1S/C13H24O2/c1-6-7-8-9-11(14)10(2)12(15)13(3,4)5/h10H,6-9H2,1-5H3. The number of hydrogen-bond acceptors (Lipinski definition) is 2. The lowest BCUT2D eigenvalue weighted by molar-refractivity contribution is -0.137. The Morgan fingerprint density at radius 3 is 2.07 bits per heavy atom. The van der Waals surface area contributed by atoms with E-state index < -0.39 is 11.3 Å². The van der Waals surface area contributed by atoms with Crippen LogP contribution >= 0.6 is 0 Å². The van der Waals surface area contributed by atoms with Crippen molar-refractivity contribution >= 4 is 11.6 Å². The van der Waals surface area contributed by atoms with Gasteiger partial charge in [-0.05, 0) is 13.3 Å². The van der Waals surface area contributed by atoms with Crippen LogP contribution in [0.4, 0.5) is 0 Å². The number of rotatable bonds is 6. The predicted octanol–water partition coefficient (Wildman–Crippen LogP) is 3.39. The summed E-state index contributed by atoms with van der Waals surface area (Å²) in [6.07, 6.45) is 3.64. The van der Waals surface area contributed by atoms with E-state index in [1.807, 2.05) is 20.8 Å². The van der Waals surface area contributed by atoms with E-state index in [1.165, 1.54) is 0 Å². The van der Waals surface area contributed by atoms with Crippen molar-refractivity contribution < 1.29 is 9.59 Å². The van der Waals surface area contributed by atoms with Crippen LogP contribution in [-0.2, 0) is 9.59 Å². The molecule has 1 atom stereocenters. The fraction of sp³-hybridized carbons (Fsp3) is 0.846. The zero-order valence-electron chi connectivity index (χ0n) is 10.7. The van der Waals surface area contributed by atoms with Crippen LogP contribution in [0.25, 0.3) is 0 Å². The van der Waals surface area contributed by atoms with Gasteiger partial charge in [0.2, 0.25) is 0 Å². The molecule has 0 aliphatic carbocycles. The number of unbranched alkanes of at least 4 members (excludes halogenated alkanes) is 2. The fourth-order valence-electron chi connectivity index (χ4n) is 1.56. The molecule has 0 spiro atoms. The van der Waals surface area contributed by atoms with E-state index in [2.05, 4.69) is 6.92 Å². The lowest BCUT2D eigenvalue weighted by atomic mass is 9.81. The summed E-state index contributed by atoms with van der Waals surface area (Å²) in [5, 5.41) is 0. The minimum atomic E-state index is -0.429. The van der Waals surface area contributed by atoms with Crippen LogP contribution in [0.1, 0.15) is 60.3 Å². The Kier molecular flexibility index (Phi) is 5.77. The molecular weight excluding hydrogens is 188 g/mol. The van der Waals surface area contributed by atoms with Gasteiger partial charge in [0.1, 0.15) is 11.6 Å². The number of carbonyl (C=O) groups is 2. The molecule has 0 radical (unpaired) electrons. The van der Waals surface area contributed by atoms with Crippen LogP contribution in [-0.4, -0.2) is 11.6 Å². The molecule has 0 aromatic rings. The Labute approximate surface area is 93.4 Å². The first-order chi connectivity index (χ1) is 6.80. The van der Waals surface area contributed by atoms with Crippen molar-refractivity contribution in [3.8, 4) is 0 Å². The van der Waals surface area contributed by atoms with Crippen LogP contribution in [0.15, 0.2) is 0 Å². The zero-order chi connectivity index (χ0) is 12.1. The summed E-state index contributed by atoms with van der Waals surface area (Å²) in [6.45, 7) is 9.44. The van der Waals surface area contributed by atoms with E-state index in [0.717, 1.165) is 19.3 Å². The average molecular weight is 212 g/mol. The average Bonchev–Trinajstić information content (AvgIpc) is 2.14. The second-order valence-corrected chi connectivity index (χ2v) is 5.26. The molecule has 0 amide bonds. The van der Waals surface area contributed by atoms with Crippen LogP contribution in [0.2, 0.25) is 0 Å². The lowest BCUT2D eigenvalue weighted by Crippen LogP contribution is -2.31. The highest BCUT2D eigenvalue weighted by molar-refractivity contribution is 6.04. The molecular formula is C13H24O2. The van der Waals surface area contributed by atoms with Crippen molar-refractivity contribution in [3.63, 3.8) is 0 Å². The first kappa shape index (κ1) is 14.3. The van der Waals surface area contributed by atoms with Gasteiger partial charge in [0, 0.05) is 11.8 Å². The van der Waals surface area contributed by atoms with Crippen molar-refractivity contribution in [3.05, 3.63) is 0 Å². The normalized spacial score (nSPS) is 13.7. The molecule has 0 heterocycles. The summed E-state index contributed by atoms with van der Waals surface area (Å²) in [6, 6.07) is 0. The molecule has 0 aliphatic rings. The maximum atomic E-state index is 11.8. The molecule has 0 aromatic carbocycles. The molecule has 0 bridgehead atoms. The van der Waals surface area contributed by atoms with Crippen LogP contribution in [0.3, 0.4) is 0 Å². The highest BCUT2D eigenvalue weighted by Crippen LogP contribution is 2.21. The minimum Gasteiger partial charge on any atom is -0.299 e. The predicted molar refractivity (Wildman–Crippen MR) is 62.8 cm³/mol. The molecule has 0 fully saturated rings. The van der Waals surface area contributed by atoms with E-state index in [9.17, 15) is 9.59 Å². The van der Waals surface area contributed by atoms with E-state index in [1.54, 1.807) is 6.92 Å². The van der Waals surface area contributed by atoms with Gasteiger partial charge >= 0.3 is 0 Å². The monoisotopic (exact) mass is 212 g/mol. The lowest BCUT2D eigenvalue weighted by Gasteiger charge is -2.20. The SMILES string of the molecule is CCCCCC(=O)C(C)C(=O)C(C)(C)C.